The van der Waals surface area contributed by atoms with Gasteiger partial charge in [0.25, 0.3) is 5.91 Å². The normalized spacial score (nSPS) is 18.0. The Morgan fingerprint density at radius 1 is 1.07 bits per heavy atom. The van der Waals surface area contributed by atoms with E-state index in [9.17, 15) is 14.4 Å². The van der Waals surface area contributed by atoms with Gasteiger partial charge in [0.1, 0.15) is 17.0 Å². The number of aryl methyl sites for hydroxylation is 1. The Hall–Kier alpha value is -3.55. The summed E-state index contributed by atoms with van der Waals surface area (Å²) in [5.41, 5.74) is 0.875. The van der Waals surface area contributed by atoms with Crippen LogP contribution in [-0.4, -0.2) is 32.1 Å². The number of hydrogen-bond acceptors (Lipinski definition) is 5. The lowest BCUT2D eigenvalue weighted by atomic mass is 9.92. The van der Waals surface area contributed by atoms with Crippen LogP contribution < -0.4 is 25.4 Å². The van der Waals surface area contributed by atoms with Gasteiger partial charge < -0.3 is 20.1 Å². The van der Waals surface area contributed by atoms with Crippen LogP contribution in [0.15, 0.2) is 42.5 Å². The number of methoxy groups -OCH3 is 2. The second-order valence-electron chi connectivity index (χ2n) is 6.88. The van der Waals surface area contributed by atoms with Gasteiger partial charge in [-0.1, -0.05) is 12.1 Å². The van der Waals surface area contributed by atoms with Crippen molar-refractivity contribution in [2.45, 2.75) is 25.3 Å². The average Bonchev–Trinajstić information content (AvgIpc) is 2.98. The lowest BCUT2D eigenvalue weighted by molar-refractivity contribution is -0.123. The van der Waals surface area contributed by atoms with Gasteiger partial charge in [-0.15, -0.1) is 0 Å². The maximum absolute atomic E-state index is 12.4. The Bertz CT molecular complexity index is 937. The molecule has 0 aromatic heterocycles. The molecule has 0 saturated carbocycles. The van der Waals surface area contributed by atoms with E-state index in [2.05, 4.69) is 16.0 Å². The molecule has 1 unspecified atom stereocenters. The predicted molar refractivity (Wildman–Crippen MR) is 107 cm³/mol. The molecule has 1 fully saturated rings. The molecule has 29 heavy (non-hydrogen) atoms. The van der Waals surface area contributed by atoms with Crippen molar-refractivity contribution in [3.8, 4) is 11.5 Å². The third kappa shape index (κ3) is 4.48. The lowest BCUT2D eigenvalue weighted by Crippen LogP contribution is -2.40. The van der Waals surface area contributed by atoms with Crippen LogP contribution in [-0.2, 0) is 21.5 Å². The number of hydrogen-bond donors (Lipinski definition) is 3. The zero-order chi connectivity index (χ0) is 21.0. The number of carbonyl (C=O) groups excluding carboxylic acids is 3. The topological polar surface area (TPSA) is 106 Å². The van der Waals surface area contributed by atoms with E-state index in [1.807, 2.05) is 12.1 Å². The van der Waals surface area contributed by atoms with E-state index in [0.717, 1.165) is 5.56 Å². The van der Waals surface area contributed by atoms with Crippen molar-refractivity contribution in [1.29, 1.82) is 0 Å². The summed E-state index contributed by atoms with van der Waals surface area (Å²) in [6.07, 6.45) is 0.768. The first-order chi connectivity index (χ1) is 13.8. The summed E-state index contributed by atoms with van der Waals surface area (Å²) in [5, 5.41) is 7.67. The number of carbonyl (C=O) groups is 3. The van der Waals surface area contributed by atoms with E-state index >= 15 is 0 Å². The molecule has 1 aliphatic rings. The van der Waals surface area contributed by atoms with Crippen LogP contribution in [0.25, 0.3) is 0 Å². The maximum Gasteiger partial charge on any atom is 0.322 e. The van der Waals surface area contributed by atoms with Crippen LogP contribution in [0.5, 0.6) is 11.5 Å². The van der Waals surface area contributed by atoms with Crippen molar-refractivity contribution in [3.63, 3.8) is 0 Å². The van der Waals surface area contributed by atoms with Gasteiger partial charge in [0.2, 0.25) is 5.91 Å². The molecule has 4 amide bonds. The molecular weight excluding hydrogens is 374 g/mol. The number of nitrogens with one attached hydrogen (secondary N) is 3. The van der Waals surface area contributed by atoms with Crippen LogP contribution in [0.2, 0.25) is 0 Å². The fourth-order valence-corrected chi connectivity index (χ4v) is 3.15. The van der Waals surface area contributed by atoms with Crippen molar-refractivity contribution in [1.82, 2.24) is 10.6 Å². The van der Waals surface area contributed by atoms with Gasteiger partial charge >= 0.3 is 6.03 Å². The van der Waals surface area contributed by atoms with Gasteiger partial charge in [0.05, 0.1) is 14.2 Å². The second-order valence-corrected chi connectivity index (χ2v) is 6.88. The first-order valence-corrected chi connectivity index (χ1v) is 9.10. The number of imide groups is 1. The number of anilines is 1. The van der Waals surface area contributed by atoms with Crippen LogP contribution in [0.1, 0.15) is 24.5 Å². The Kier molecular flexibility index (Phi) is 5.72. The molecule has 3 rings (SSSR count). The van der Waals surface area contributed by atoms with Crippen LogP contribution in [0, 0.1) is 0 Å². The summed E-state index contributed by atoms with van der Waals surface area (Å²) in [6, 6.07) is 11.8. The molecule has 0 aliphatic carbocycles. The van der Waals surface area contributed by atoms with Crippen molar-refractivity contribution >= 4 is 23.5 Å². The first kappa shape index (κ1) is 20.2. The molecule has 8 heteroatoms. The highest BCUT2D eigenvalue weighted by Gasteiger charge is 2.43. The molecule has 2 aromatic rings. The molecule has 3 N–H and O–H groups in total. The zero-order valence-corrected chi connectivity index (χ0v) is 16.5. The van der Waals surface area contributed by atoms with Crippen LogP contribution >= 0.6 is 0 Å². The molecule has 1 heterocycles. The molecule has 1 atom stereocenters. The predicted octanol–water partition coefficient (Wildman–Crippen LogP) is 2.33. The highest BCUT2D eigenvalue weighted by Crippen LogP contribution is 2.27. The van der Waals surface area contributed by atoms with Crippen molar-refractivity contribution in [3.05, 3.63) is 53.6 Å². The summed E-state index contributed by atoms with van der Waals surface area (Å²) in [5.74, 6) is 0.724. The van der Waals surface area contributed by atoms with Gasteiger partial charge in [0.15, 0.2) is 0 Å². The highest BCUT2D eigenvalue weighted by atomic mass is 16.5. The first-order valence-electron chi connectivity index (χ1n) is 9.10. The Balaban J connectivity index is 1.66. The smallest absolute Gasteiger partial charge is 0.322 e. The minimum Gasteiger partial charge on any atom is -0.497 e. The average molecular weight is 397 g/mol. The standard InChI is InChI=1S/C21H23N3O5/c1-21(19(26)23-20(27)24-21)14-5-4-6-15(11-14)22-18(25)8-7-13-9-16(28-2)12-17(10-13)29-3/h4-6,9-12H,7-8H2,1-3H3,(H,22,25)(H2,23,24,26,27). The van der Waals surface area contributed by atoms with E-state index < -0.39 is 17.5 Å². The van der Waals surface area contributed by atoms with Crippen LogP contribution in [0.3, 0.4) is 0 Å². The Labute approximate surface area is 168 Å². The molecule has 1 aliphatic heterocycles. The number of rotatable bonds is 7. The van der Waals surface area contributed by atoms with Crippen LogP contribution in [0.4, 0.5) is 10.5 Å². The molecule has 152 valence electrons. The zero-order valence-electron chi connectivity index (χ0n) is 16.5. The molecule has 2 aromatic carbocycles. The van der Waals surface area contributed by atoms with Crippen molar-refractivity contribution in [2.75, 3.05) is 19.5 Å². The maximum atomic E-state index is 12.4. The number of urea groups is 1. The summed E-state index contributed by atoms with van der Waals surface area (Å²) in [4.78, 5) is 36.0. The van der Waals surface area contributed by atoms with E-state index in [0.29, 0.717) is 29.2 Å². The number of benzene rings is 2. The largest absolute Gasteiger partial charge is 0.497 e. The van der Waals surface area contributed by atoms with Gasteiger partial charge in [-0.25, -0.2) is 4.79 Å². The molecule has 8 nitrogen and oxygen atoms in total. The van der Waals surface area contributed by atoms with Gasteiger partial charge in [-0.2, -0.15) is 0 Å². The highest BCUT2D eigenvalue weighted by molar-refractivity contribution is 6.07. The summed E-state index contributed by atoms with van der Waals surface area (Å²) >= 11 is 0. The number of amides is 4. The van der Waals surface area contributed by atoms with Gasteiger partial charge in [-0.3, -0.25) is 14.9 Å². The number of ether oxygens (including phenoxy) is 2. The molecule has 0 radical (unpaired) electrons. The minimum atomic E-state index is -1.17. The minimum absolute atomic E-state index is 0.172. The van der Waals surface area contributed by atoms with E-state index in [1.54, 1.807) is 51.5 Å². The fraction of sp³-hybridized carbons (Fsp3) is 0.286. The molecule has 1 saturated heterocycles. The third-order valence-corrected chi connectivity index (χ3v) is 4.82. The quantitative estimate of drug-likeness (QED) is 0.622. The van der Waals surface area contributed by atoms with Gasteiger partial charge in [-0.05, 0) is 48.7 Å². The molecule has 0 spiro atoms. The monoisotopic (exact) mass is 397 g/mol. The summed E-state index contributed by atoms with van der Waals surface area (Å²) in [7, 11) is 3.15. The molecule has 0 bridgehead atoms. The summed E-state index contributed by atoms with van der Waals surface area (Å²) < 4.78 is 10.5. The van der Waals surface area contributed by atoms with Gasteiger partial charge in [0, 0.05) is 18.2 Å². The van der Waals surface area contributed by atoms with Crippen molar-refractivity contribution < 1.29 is 23.9 Å². The lowest BCUT2D eigenvalue weighted by Gasteiger charge is -2.21. The molecular formula is C21H23N3O5. The van der Waals surface area contributed by atoms with E-state index in [4.69, 9.17) is 9.47 Å². The second kappa shape index (κ2) is 8.22. The Morgan fingerprint density at radius 3 is 2.34 bits per heavy atom. The SMILES string of the molecule is COc1cc(CCC(=O)Nc2cccc(C3(C)NC(=O)NC3=O)c2)cc(OC)c1. The van der Waals surface area contributed by atoms with Crippen molar-refractivity contribution in [2.24, 2.45) is 0 Å². The Morgan fingerprint density at radius 2 is 1.76 bits per heavy atom. The van der Waals surface area contributed by atoms with E-state index in [-0.39, 0.29) is 12.3 Å². The summed E-state index contributed by atoms with van der Waals surface area (Å²) in [6.45, 7) is 1.62. The van der Waals surface area contributed by atoms with E-state index in [1.165, 1.54) is 0 Å². The fourth-order valence-electron chi connectivity index (χ4n) is 3.15. The third-order valence-electron chi connectivity index (χ3n) is 4.82.